The quantitative estimate of drug-likeness (QED) is 0.939. The standard InChI is InChI=1S/C13H13BrN2O/c1-9(15)10-6-7-13(16-8-10)17-12-5-3-2-4-11(12)14/h2-9H,15H2,1H3/t9-/m1/s1. The third-order valence-electron chi connectivity index (χ3n) is 2.34. The maximum atomic E-state index is 5.75. The van der Waals surface area contributed by atoms with Crippen molar-refractivity contribution in [3.05, 3.63) is 52.6 Å². The zero-order valence-corrected chi connectivity index (χ0v) is 11.0. The summed E-state index contributed by atoms with van der Waals surface area (Å²) in [7, 11) is 0. The summed E-state index contributed by atoms with van der Waals surface area (Å²) in [5.74, 6) is 1.30. The molecule has 17 heavy (non-hydrogen) atoms. The maximum absolute atomic E-state index is 5.75. The van der Waals surface area contributed by atoms with Crippen molar-refractivity contribution in [2.24, 2.45) is 5.73 Å². The Balaban J connectivity index is 2.17. The Labute approximate surface area is 109 Å². The Morgan fingerprint density at radius 1 is 1.24 bits per heavy atom. The number of hydrogen-bond donors (Lipinski definition) is 1. The van der Waals surface area contributed by atoms with Crippen molar-refractivity contribution >= 4 is 15.9 Å². The van der Waals surface area contributed by atoms with E-state index in [4.69, 9.17) is 10.5 Å². The fraction of sp³-hybridized carbons (Fsp3) is 0.154. The smallest absolute Gasteiger partial charge is 0.219 e. The lowest BCUT2D eigenvalue weighted by Crippen LogP contribution is -2.05. The lowest BCUT2D eigenvalue weighted by Gasteiger charge is -2.08. The van der Waals surface area contributed by atoms with Crippen LogP contribution in [0.25, 0.3) is 0 Å². The van der Waals surface area contributed by atoms with Gasteiger partial charge in [-0.3, -0.25) is 0 Å². The van der Waals surface area contributed by atoms with Gasteiger partial charge >= 0.3 is 0 Å². The highest BCUT2D eigenvalue weighted by atomic mass is 79.9. The molecule has 0 bridgehead atoms. The molecule has 4 heteroatoms. The molecule has 1 atom stereocenters. The van der Waals surface area contributed by atoms with Gasteiger partial charge < -0.3 is 10.5 Å². The summed E-state index contributed by atoms with van der Waals surface area (Å²) in [6.07, 6.45) is 1.73. The van der Waals surface area contributed by atoms with Gasteiger partial charge in [0.05, 0.1) is 4.47 Å². The highest BCUT2D eigenvalue weighted by Gasteiger charge is 2.04. The number of nitrogens with zero attached hydrogens (tertiary/aromatic N) is 1. The highest BCUT2D eigenvalue weighted by Crippen LogP contribution is 2.28. The maximum Gasteiger partial charge on any atom is 0.219 e. The molecule has 0 saturated carbocycles. The van der Waals surface area contributed by atoms with Gasteiger partial charge in [0, 0.05) is 18.3 Å². The van der Waals surface area contributed by atoms with Crippen LogP contribution in [0.15, 0.2) is 47.1 Å². The van der Waals surface area contributed by atoms with Crippen LogP contribution in [0.2, 0.25) is 0 Å². The summed E-state index contributed by atoms with van der Waals surface area (Å²) < 4.78 is 6.55. The topological polar surface area (TPSA) is 48.1 Å². The second-order valence-corrected chi connectivity index (χ2v) is 4.61. The van der Waals surface area contributed by atoms with Crippen LogP contribution in [0, 0.1) is 0 Å². The van der Waals surface area contributed by atoms with Crippen molar-refractivity contribution < 1.29 is 4.74 Å². The van der Waals surface area contributed by atoms with Gasteiger partial charge in [-0.15, -0.1) is 0 Å². The average Bonchev–Trinajstić information content (AvgIpc) is 2.33. The molecule has 0 aliphatic rings. The van der Waals surface area contributed by atoms with Crippen molar-refractivity contribution in [2.75, 3.05) is 0 Å². The zero-order valence-electron chi connectivity index (χ0n) is 9.43. The van der Waals surface area contributed by atoms with Gasteiger partial charge in [-0.05, 0) is 40.5 Å². The molecule has 2 rings (SSSR count). The summed E-state index contributed by atoms with van der Waals surface area (Å²) in [6.45, 7) is 1.92. The van der Waals surface area contributed by atoms with Crippen LogP contribution in [-0.2, 0) is 0 Å². The minimum absolute atomic E-state index is 0.0139. The van der Waals surface area contributed by atoms with Crippen LogP contribution < -0.4 is 10.5 Å². The van der Waals surface area contributed by atoms with E-state index in [0.717, 1.165) is 15.8 Å². The van der Waals surface area contributed by atoms with Crippen LogP contribution in [0.3, 0.4) is 0 Å². The fourth-order valence-corrected chi connectivity index (χ4v) is 1.73. The molecule has 1 heterocycles. The van der Waals surface area contributed by atoms with Gasteiger partial charge in [-0.1, -0.05) is 18.2 Å². The van der Waals surface area contributed by atoms with E-state index in [9.17, 15) is 0 Å². The molecule has 0 unspecified atom stereocenters. The van der Waals surface area contributed by atoms with Crippen molar-refractivity contribution in [1.82, 2.24) is 4.98 Å². The first kappa shape index (κ1) is 12.1. The van der Waals surface area contributed by atoms with Crippen LogP contribution in [0.1, 0.15) is 18.5 Å². The van der Waals surface area contributed by atoms with E-state index in [2.05, 4.69) is 20.9 Å². The molecule has 0 aliphatic heterocycles. The molecule has 0 fully saturated rings. The number of ether oxygens (including phenoxy) is 1. The predicted octanol–water partition coefficient (Wildman–Crippen LogP) is 3.66. The summed E-state index contributed by atoms with van der Waals surface area (Å²) in [5.41, 5.74) is 6.74. The Kier molecular flexibility index (Phi) is 3.76. The van der Waals surface area contributed by atoms with E-state index >= 15 is 0 Å². The second kappa shape index (κ2) is 5.29. The van der Waals surface area contributed by atoms with Gasteiger partial charge in [0.2, 0.25) is 5.88 Å². The Morgan fingerprint density at radius 2 is 2.00 bits per heavy atom. The summed E-state index contributed by atoms with van der Waals surface area (Å²) in [4.78, 5) is 4.21. The Hall–Kier alpha value is -1.39. The molecular weight excluding hydrogens is 280 g/mol. The normalized spacial score (nSPS) is 12.2. The number of aromatic nitrogens is 1. The number of pyridine rings is 1. The van der Waals surface area contributed by atoms with Crippen molar-refractivity contribution in [3.63, 3.8) is 0 Å². The number of rotatable bonds is 3. The Bertz CT molecular complexity index is 497. The molecule has 1 aromatic carbocycles. The molecule has 1 aromatic heterocycles. The van der Waals surface area contributed by atoms with Gasteiger partial charge in [-0.25, -0.2) is 4.98 Å². The minimum Gasteiger partial charge on any atom is -0.438 e. The largest absolute Gasteiger partial charge is 0.438 e. The molecule has 0 radical (unpaired) electrons. The van der Waals surface area contributed by atoms with Crippen LogP contribution in [0.4, 0.5) is 0 Å². The van der Waals surface area contributed by atoms with Crippen molar-refractivity contribution in [3.8, 4) is 11.6 Å². The average molecular weight is 293 g/mol. The molecule has 2 aromatic rings. The number of hydrogen-bond acceptors (Lipinski definition) is 3. The molecule has 0 saturated heterocycles. The lowest BCUT2D eigenvalue weighted by molar-refractivity contribution is 0.459. The van der Waals surface area contributed by atoms with Gasteiger partial charge in [0.15, 0.2) is 0 Å². The Morgan fingerprint density at radius 3 is 2.59 bits per heavy atom. The number of halogens is 1. The molecular formula is C13H13BrN2O. The summed E-state index contributed by atoms with van der Waals surface area (Å²) >= 11 is 3.42. The summed E-state index contributed by atoms with van der Waals surface area (Å²) in [5, 5.41) is 0. The van der Waals surface area contributed by atoms with Crippen LogP contribution >= 0.6 is 15.9 Å². The number of nitrogens with two attached hydrogens (primary N) is 1. The minimum atomic E-state index is -0.0139. The summed E-state index contributed by atoms with van der Waals surface area (Å²) in [6, 6.07) is 11.4. The van der Waals surface area contributed by atoms with Crippen LogP contribution in [-0.4, -0.2) is 4.98 Å². The van der Waals surface area contributed by atoms with E-state index in [0.29, 0.717) is 5.88 Å². The van der Waals surface area contributed by atoms with E-state index in [1.54, 1.807) is 6.20 Å². The van der Waals surface area contributed by atoms with Crippen molar-refractivity contribution in [2.45, 2.75) is 13.0 Å². The monoisotopic (exact) mass is 292 g/mol. The molecule has 0 spiro atoms. The molecule has 0 aliphatic carbocycles. The van der Waals surface area contributed by atoms with Crippen LogP contribution in [0.5, 0.6) is 11.6 Å². The lowest BCUT2D eigenvalue weighted by atomic mass is 10.2. The van der Waals surface area contributed by atoms with E-state index in [-0.39, 0.29) is 6.04 Å². The number of benzene rings is 1. The first-order valence-corrected chi connectivity index (χ1v) is 6.10. The third-order valence-corrected chi connectivity index (χ3v) is 2.99. The molecule has 88 valence electrons. The number of para-hydroxylation sites is 1. The second-order valence-electron chi connectivity index (χ2n) is 3.75. The van der Waals surface area contributed by atoms with E-state index < -0.39 is 0 Å². The zero-order chi connectivity index (χ0) is 12.3. The fourth-order valence-electron chi connectivity index (χ4n) is 1.36. The first-order valence-electron chi connectivity index (χ1n) is 5.31. The molecule has 2 N–H and O–H groups in total. The highest BCUT2D eigenvalue weighted by molar-refractivity contribution is 9.10. The van der Waals surface area contributed by atoms with Gasteiger partial charge in [-0.2, -0.15) is 0 Å². The van der Waals surface area contributed by atoms with E-state index in [1.807, 2.05) is 43.3 Å². The third kappa shape index (κ3) is 3.05. The first-order chi connectivity index (χ1) is 8.16. The van der Waals surface area contributed by atoms with Gasteiger partial charge in [0.1, 0.15) is 5.75 Å². The molecule has 0 amide bonds. The predicted molar refractivity (Wildman–Crippen MR) is 71.1 cm³/mol. The van der Waals surface area contributed by atoms with Gasteiger partial charge in [0.25, 0.3) is 0 Å². The van der Waals surface area contributed by atoms with E-state index in [1.165, 1.54) is 0 Å². The molecule has 3 nitrogen and oxygen atoms in total. The van der Waals surface area contributed by atoms with Crippen molar-refractivity contribution in [1.29, 1.82) is 0 Å². The SMILES string of the molecule is C[C@@H](N)c1ccc(Oc2ccccc2Br)nc1.